The number of pyridine rings is 1. The molecule has 2 rings (SSSR count). The Hall–Kier alpha value is -0.840. The zero-order valence-electron chi connectivity index (χ0n) is 11.5. The van der Waals surface area contributed by atoms with Crippen LogP contribution < -0.4 is 10.6 Å². The molecule has 0 spiro atoms. The lowest BCUT2D eigenvalue weighted by Crippen LogP contribution is -2.29. The highest BCUT2D eigenvalue weighted by Gasteiger charge is 2.14. The van der Waals surface area contributed by atoms with E-state index in [0.717, 1.165) is 31.0 Å². The van der Waals surface area contributed by atoms with E-state index in [1.54, 1.807) is 12.4 Å². The fourth-order valence-electron chi connectivity index (χ4n) is 2.30. The molecule has 4 nitrogen and oxygen atoms in total. The molecule has 6 heteroatoms. The Morgan fingerprint density at radius 1 is 1.25 bits per heavy atom. The lowest BCUT2D eigenvalue weighted by Gasteiger charge is -2.22. The van der Waals surface area contributed by atoms with Gasteiger partial charge in [0.05, 0.1) is 0 Å². The van der Waals surface area contributed by atoms with E-state index in [-0.39, 0.29) is 30.7 Å². The Bertz CT molecular complexity index is 370. The second kappa shape index (κ2) is 10.9. The van der Waals surface area contributed by atoms with Crippen LogP contribution in [0.3, 0.4) is 0 Å². The van der Waals surface area contributed by atoms with E-state index in [1.165, 1.54) is 12.8 Å². The van der Waals surface area contributed by atoms with Crippen LogP contribution in [0.1, 0.15) is 31.2 Å². The molecule has 1 fully saturated rings. The first kappa shape index (κ1) is 19.2. The number of hydrogen-bond donors (Lipinski definition) is 2. The van der Waals surface area contributed by atoms with Gasteiger partial charge >= 0.3 is 0 Å². The topological polar surface area (TPSA) is 54.0 Å². The summed E-state index contributed by atoms with van der Waals surface area (Å²) < 4.78 is 0. The van der Waals surface area contributed by atoms with Crippen molar-refractivity contribution in [3.05, 3.63) is 30.1 Å². The third-order valence-corrected chi connectivity index (χ3v) is 3.48. The van der Waals surface area contributed by atoms with Crippen molar-refractivity contribution in [3.63, 3.8) is 0 Å². The molecule has 1 amide bonds. The van der Waals surface area contributed by atoms with E-state index in [0.29, 0.717) is 13.0 Å². The second-order valence-electron chi connectivity index (χ2n) is 4.86. The molecule has 1 aromatic heterocycles. The molecule has 1 aliphatic rings. The number of carbonyl (C=O) groups is 1. The van der Waals surface area contributed by atoms with Crippen LogP contribution in [0.25, 0.3) is 0 Å². The van der Waals surface area contributed by atoms with Gasteiger partial charge < -0.3 is 10.6 Å². The number of nitrogens with one attached hydrogen (secondary N) is 2. The maximum absolute atomic E-state index is 11.7. The van der Waals surface area contributed by atoms with Crippen LogP contribution in [0.5, 0.6) is 0 Å². The molecule has 114 valence electrons. The highest BCUT2D eigenvalue weighted by Crippen LogP contribution is 2.17. The summed E-state index contributed by atoms with van der Waals surface area (Å²) in [5, 5.41) is 6.30. The predicted molar refractivity (Wildman–Crippen MR) is 85.4 cm³/mol. The fraction of sp³-hybridized carbons (Fsp3) is 0.571. The molecule has 1 aliphatic heterocycles. The molecule has 0 aliphatic carbocycles. The number of halogens is 2. The summed E-state index contributed by atoms with van der Waals surface area (Å²) in [5.41, 5.74) is 1.10. The highest BCUT2D eigenvalue weighted by atomic mass is 35.5. The molecule has 1 saturated heterocycles. The molecule has 0 saturated carbocycles. The van der Waals surface area contributed by atoms with E-state index in [2.05, 4.69) is 15.6 Å². The van der Waals surface area contributed by atoms with E-state index >= 15 is 0 Å². The SMILES string of the molecule is Cl.Cl.O=C(CCC1CCNCC1)NCc1ccncc1. The van der Waals surface area contributed by atoms with Crippen LogP contribution in [0.2, 0.25) is 0 Å². The Kier molecular flexibility index (Phi) is 10.4. The van der Waals surface area contributed by atoms with Crippen LogP contribution >= 0.6 is 24.8 Å². The van der Waals surface area contributed by atoms with Gasteiger partial charge in [0.15, 0.2) is 0 Å². The number of rotatable bonds is 5. The van der Waals surface area contributed by atoms with Crippen molar-refractivity contribution in [2.75, 3.05) is 13.1 Å². The first-order valence-electron chi connectivity index (χ1n) is 6.71. The number of piperidine rings is 1. The molecular formula is C14H23Cl2N3O. The maximum Gasteiger partial charge on any atom is 0.220 e. The number of aromatic nitrogens is 1. The molecule has 0 atom stereocenters. The minimum atomic E-state index is 0. The Morgan fingerprint density at radius 2 is 1.90 bits per heavy atom. The van der Waals surface area contributed by atoms with Crippen LogP contribution in [0.4, 0.5) is 0 Å². The van der Waals surface area contributed by atoms with Gasteiger partial charge in [0.2, 0.25) is 5.91 Å². The van der Waals surface area contributed by atoms with Crippen molar-refractivity contribution < 1.29 is 4.79 Å². The van der Waals surface area contributed by atoms with Crippen molar-refractivity contribution >= 4 is 30.7 Å². The Balaban J connectivity index is 0.00000180. The largest absolute Gasteiger partial charge is 0.352 e. The van der Waals surface area contributed by atoms with Crippen molar-refractivity contribution in [2.24, 2.45) is 5.92 Å². The third kappa shape index (κ3) is 7.08. The first-order valence-corrected chi connectivity index (χ1v) is 6.71. The minimum Gasteiger partial charge on any atom is -0.352 e. The van der Waals surface area contributed by atoms with Crippen LogP contribution in [-0.2, 0) is 11.3 Å². The fourth-order valence-corrected chi connectivity index (χ4v) is 2.30. The summed E-state index contributed by atoms with van der Waals surface area (Å²) in [4.78, 5) is 15.7. The molecule has 20 heavy (non-hydrogen) atoms. The van der Waals surface area contributed by atoms with Gasteiger partial charge in [0.1, 0.15) is 0 Å². The van der Waals surface area contributed by atoms with Gasteiger partial charge in [0.25, 0.3) is 0 Å². The average molecular weight is 320 g/mol. The Labute approximate surface area is 132 Å². The molecular weight excluding hydrogens is 297 g/mol. The molecule has 0 unspecified atom stereocenters. The molecule has 1 aromatic rings. The van der Waals surface area contributed by atoms with Gasteiger partial charge in [-0.1, -0.05) is 0 Å². The first-order chi connectivity index (χ1) is 8.84. The van der Waals surface area contributed by atoms with E-state index in [4.69, 9.17) is 0 Å². The van der Waals surface area contributed by atoms with Gasteiger partial charge in [-0.05, 0) is 56.0 Å². The summed E-state index contributed by atoms with van der Waals surface area (Å²) in [6.07, 6.45) is 7.57. The maximum atomic E-state index is 11.7. The van der Waals surface area contributed by atoms with Crippen molar-refractivity contribution in [2.45, 2.75) is 32.2 Å². The third-order valence-electron chi connectivity index (χ3n) is 3.48. The zero-order chi connectivity index (χ0) is 12.6. The number of amides is 1. The summed E-state index contributed by atoms with van der Waals surface area (Å²) in [6.45, 7) is 2.81. The molecule has 0 bridgehead atoms. The smallest absolute Gasteiger partial charge is 0.220 e. The van der Waals surface area contributed by atoms with E-state index < -0.39 is 0 Å². The van der Waals surface area contributed by atoms with Gasteiger partial charge in [-0.3, -0.25) is 9.78 Å². The van der Waals surface area contributed by atoms with Gasteiger partial charge in [-0.15, -0.1) is 24.8 Å². The molecule has 0 radical (unpaired) electrons. The van der Waals surface area contributed by atoms with Crippen molar-refractivity contribution in [3.8, 4) is 0 Å². The summed E-state index contributed by atoms with van der Waals surface area (Å²) in [6, 6.07) is 3.85. The number of carbonyl (C=O) groups excluding carboxylic acids is 1. The molecule has 0 aromatic carbocycles. The quantitative estimate of drug-likeness (QED) is 0.875. The van der Waals surface area contributed by atoms with Gasteiger partial charge in [0, 0.05) is 25.4 Å². The zero-order valence-corrected chi connectivity index (χ0v) is 13.1. The van der Waals surface area contributed by atoms with Crippen LogP contribution in [0, 0.1) is 5.92 Å². The van der Waals surface area contributed by atoms with Crippen molar-refractivity contribution in [1.82, 2.24) is 15.6 Å². The van der Waals surface area contributed by atoms with Crippen molar-refractivity contribution in [1.29, 1.82) is 0 Å². The monoisotopic (exact) mass is 319 g/mol. The van der Waals surface area contributed by atoms with E-state index in [1.807, 2.05) is 12.1 Å². The lowest BCUT2D eigenvalue weighted by molar-refractivity contribution is -0.121. The highest BCUT2D eigenvalue weighted by molar-refractivity contribution is 5.85. The lowest BCUT2D eigenvalue weighted by atomic mass is 9.93. The number of hydrogen-bond acceptors (Lipinski definition) is 3. The standard InChI is InChI=1S/C14H21N3O.2ClH/c18-14(2-1-12-3-7-15-8-4-12)17-11-13-5-9-16-10-6-13;;/h5-6,9-10,12,15H,1-4,7-8,11H2,(H,17,18);2*1H. The van der Waals surface area contributed by atoms with Crippen LogP contribution in [-0.4, -0.2) is 24.0 Å². The number of nitrogens with zero attached hydrogens (tertiary/aromatic N) is 1. The van der Waals surface area contributed by atoms with Gasteiger partial charge in [-0.2, -0.15) is 0 Å². The summed E-state index contributed by atoms with van der Waals surface area (Å²) in [7, 11) is 0. The molecule has 2 N–H and O–H groups in total. The average Bonchev–Trinajstić information content (AvgIpc) is 2.45. The normalized spacial score (nSPS) is 14.8. The summed E-state index contributed by atoms with van der Waals surface area (Å²) in [5.74, 6) is 0.878. The molecule has 2 heterocycles. The van der Waals surface area contributed by atoms with Gasteiger partial charge in [-0.25, -0.2) is 0 Å². The second-order valence-corrected chi connectivity index (χ2v) is 4.86. The minimum absolute atomic E-state index is 0. The Morgan fingerprint density at radius 3 is 2.55 bits per heavy atom. The predicted octanol–water partition coefficient (Wildman–Crippen LogP) is 2.32. The van der Waals surface area contributed by atoms with Crippen LogP contribution in [0.15, 0.2) is 24.5 Å². The van der Waals surface area contributed by atoms with E-state index in [9.17, 15) is 4.79 Å². The summed E-state index contributed by atoms with van der Waals surface area (Å²) >= 11 is 0.